The average Bonchev–Trinajstić information content (AvgIpc) is 2.84. The number of aromatic nitrogens is 1. The lowest BCUT2D eigenvalue weighted by Crippen LogP contribution is -2.34. The largest absolute Gasteiger partial charge is 0.464 e. The monoisotopic (exact) mass is 318 g/mol. The zero-order chi connectivity index (χ0) is 16.3. The normalized spacial score (nSPS) is 12.0. The van der Waals surface area contributed by atoms with Crippen LogP contribution < -0.4 is 4.72 Å². The van der Waals surface area contributed by atoms with Crippen molar-refractivity contribution in [1.82, 2.24) is 9.71 Å². The van der Waals surface area contributed by atoms with E-state index in [1.807, 2.05) is 0 Å². The first-order valence-electron chi connectivity index (χ1n) is 6.03. The molecular weight excluding hydrogens is 300 g/mol. The third-order valence-electron chi connectivity index (χ3n) is 2.20. The predicted octanol–water partition coefficient (Wildman–Crippen LogP) is 0.421. The Labute approximate surface area is 122 Å². The quantitative estimate of drug-likeness (QED) is 0.760. The highest BCUT2D eigenvalue weighted by Gasteiger charge is 2.22. The van der Waals surface area contributed by atoms with E-state index in [1.165, 1.54) is 7.11 Å². The van der Waals surface area contributed by atoms with Crippen molar-refractivity contribution in [3.05, 3.63) is 18.0 Å². The number of H-pyrrole nitrogens is 1. The van der Waals surface area contributed by atoms with E-state index in [1.54, 1.807) is 20.8 Å². The number of rotatable bonds is 5. The van der Waals surface area contributed by atoms with Gasteiger partial charge >= 0.3 is 11.9 Å². The van der Waals surface area contributed by atoms with Gasteiger partial charge in [-0.2, -0.15) is 4.72 Å². The van der Waals surface area contributed by atoms with Crippen LogP contribution in [0.5, 0.6) is 0 Å². The lowest BCUT2D eigenvalue weighted by molar-refractivity contribution is -0.153. The standard InChI is InChI=1S/C12H18N2O6S/c1-12(2,3)20-10(15)7-14-21(17,18)8-5-9(13-6-8)11(16)19-4/h5-6,13-14H,7H2,1-4H3. The minimum absolute atomic E-state index is 0.00450. The molecule has 0 saturated heterocycles. The molecule has 118 valence electrons. The number of ether oxygens (including phenoxy) is 2. The van der Waals surface area contributed by atoms with Crippen LogP contribution in [0.25, 0.3) is 0 Å². The minimum Gasteiger partial charge on any atom is -0.464 e. The fourth-order valence-electron chi connectivity index (χ4n) is 1.37. The number of sulfonamides is 1. The Balaban J connectivity index is 2.72. The third kappa shape index (κ3) is 5.20. The van der Waals surface area contributed by atoms with E-state index >= 15 is 0 Å². The van der Waals surface area contributed by atoms with Gasteiger partial charge in [0, 0.05) is 6.20 Å². The highest BCUT2D eigenvalue weighted by Crippen LogP contribution is 2.12. The summed E-state index contributed by atoms with van der Waals surface area (Å²) in [6, 6.07) is 1.11. The Morgan fingerprint density at radius 3 is 2.48 bits per heavy atom. The number of carbonyl (C=O) groups excluding carboxylic acids is 2. The minimum atomic E-state index is -3.92. The fraction of sp³-hybridized carbons (Fsp3) is 0.500. The van der Waals surface area contributed by atoms with Crippen LogP contribution in [0, 0.1) is 0 Å². The smallest absolute Gasteiger partial charge is 0.354 e. The summed E-state index contributed by atoms with van der Waals surface area (Å²) in [5.74, 6) is -1.39. The van der Waals surface area contributed by atoms with Gasteiger partial charge in [0.2, 0.25) is 10.0 Å². The molecule has 0 radical (unpaired) electrons. The molecule has 0 saturated carbocycles. The van der Waals surface area contributed by atoms with E-state index in [4.69, 9.17) is 4.74 Å². The molecule has 0 aliphatic heterocycles. The van der Waals surface area contributed by atoms with E-state index in [0.29, 0.717) is 0 Å². The second-order valence-corrected chi connectivity index (χ2v) is 6.92. The SMILES string of the molecule is COC(=O)c1cc(S(=O)(=O)NCC(=O)OC(C)(C)C)c[nH]1. The zero-order valence-corrected chi connectivity index (χ0v) is 13.0. The summed E-state index contributed by atoms with van der Waals surface area (Å²) in [5, 5.41) is 0. The van der Waals surface area contributed by atoms with Gasteiger partial charge < -0.3 is 14.5 Å². The third-order valence-corrected chi connectivity index (χ3v) is 3.58. The van der Waals surface area contributed by atoms with Crippen molar-refractivity contribution in [3.8, 4) is 0 Å². The summed E-state index contributed by atoms with van der Waals surface area (Å²) in [4.78, 5) is 25.0. The fourth-order valence-corrected chi connectivity index (χ4v) is 2.33. The summed E-state index contributed by atoms with van der Waals surface area (Å²) in [7, 11) is -2.74. The van der Waals surface area contributed by atoms with Crippen LogP contribution in [0.4, 0.5) is 0 Å². The van der Waals surface area contributed by atoms with E-state index in [0.717, 1.165) is 12.3 Å². The van der Waals surface area contributed by atoms with Crippen molar-refractivity contribution in [1.29, 1.82) is 0 Å². The molecule has 0 fully saturated rings. The van der Waals surface area contributed by atoms with Crippen LogP contribution in [0.3, 0.4) is 0 Å². The van der Waals surface area contributed by atoms with Crippen molar-refractivity contribution in [2.24, 2.45) is 0 Å². The summed E-state index contributed by atoms with van der Waals surface area (Å²) >= 11 is 0. The van der Waals surface area contributed by atoms with Gasteiger partial charge in [-0.05, 0) is 26.8 Å². The Morgan fingerprint density at radius 2 is 1.95 bits per heavy atom. The molecular formula is C12H18N2O6S. The molecule has 21 heavy (non-hydrogen) atoms. The molecule has 1 aromatic rings. The number of methoxy groups -OCH3 is 1. The topological polar surface area (TPSA) is 115 Å². The summed E-state index contributed by atoms with van der Waals surface area (Å²) < 4.78 is 35.4. The first kappa shape index (κ1) is 17.2. The highest BCUT2D eigenvalue weighted by molar-refractivity contribution is 7.89. The van der Waals surface area contributed by atoms with Crippen molar-refractivity contribution >= 4 is 22.0 Å². The number of esters is 2. The number of hydrogen-bond donors (Lipinski definition) is 2. The zero-order valence-electron chi connectivity index (χ0n) is 12.2. The lowest BCUT2D eigenvalue weighted by Gasteiger charge is -2.19. The van der Waals surface area contributed by atoms with Crippen LogP contribution in [-0.2, 0) is 24.3 Å². The molecule has 1 aromatic heterocycles. The first-order chi connectivity index (χ1) is 9.55. The van der Waals surface area contributed by atoms with Crippen LogP contribution in [0.15, 0.2) is 17.2 Å². The molecule has 1 heterocycles. The van der Waals surface area contributed by atoms with E-state index in [2.05, 4.69) is 14.4 Å². The van der Waals surface area contributed by atoms with Crippen LogP contribution in [0.2, 0.25) is 0 Å². The molecule has 0 aliphatic rings. The molecule has 9 heteroatoms. The van der Waals surface area contributed by atoms with Crippen LogP contribution in [-0.4, -0.2) is 44.6 Å². The average molecular weight is 318 g/mol. The number of nitrogens with one attached hydrogen (secondary N) is 2. The molecule has 0 aliphatic carbocycles. The second kappa shape index (κ2) is 6.27. The van der Waals surface area contributed by atoms with Gasteiger partial charge in [-0.1, -0.05) is 0 Å². The maximum Gasteiger partial charge on any atom is 0.354 e. The van der Waals surface area contributed by atoms with Crippen LogP contribution >= 0.6 is 0 Å². The van der Waals surface area contributed by atoms with E-state index < -0.39 is 34.1 Å². The maximum atomic E-state index is 11.9. The lowest BCUT2D eigenvalue weighted by atomic mass is 10.2. The Bertz CT molecular complexity index is 626. The summed E-state index contributed by atoms with van der Waals surface area (Å²) in [6.45, 7) is 4.52. The predicted molar refractivity (Wildman–Crippen MR) is 73.2 cm³/mol. The summed E-state index contributed by atoms with van der Waals surface area (Å²) in [5.41, 5.74) is -0.704. The second-order valence-electron chi connectivity index (χ2n) is 5.15. The Hall–Kier alpha value is -1.87. The molecule has 0 amide bonds. The number of hydrogen-bond acceptors (Lipinski definition) is 6. The van der Waals surface area contributed by atoms with E-state index in [9.17, 15) is 18.0 Å². The summed E-state index contributed by atoms with van der Waals surface area (Å²) in [6.07, 6.45) is 1.13. The van der Waals surface area contributed by atoms with Crippen molar-refractivity contribution in [2.75, 3.05) is 13.7 Å². The molecule has 0 aromatic carbocycles. The van der Waals surface area contributed by atoms with Gasteiger partial charge in [-0.3, -0.25) is 4.79 Å². The maximum absolute atomic E-state index is 11.9. The van der Waals surface area contributed by atoms with Gasteiger partial charge in [0.05, 0.1) is 7.11 Å². The van der Waals surface area contributed by atoms with Gasteiger partial charge in [-0.25, -0.2) is 13.2 Å². The molecule has 0 atom stereocenters. The molecule has 1 rings (SSSR count). The number of carbonyl (C=O) groups is 2. The van der Waals surface area contributed by atoms with E-state index in [-0.39, 0.29) is 10.6 Å². The van der Waals surface area contributed by atoms with Gasteiger partial charge in [0.15, 0.2) is 0 Å². The van der Waals surface area contributed by atoms with Gasteiger partial charge in [0.1, 0.15) is 22.7 Å². The first-order valence-corrected chi connectivity index (χ1v) is 7.52. The van der Waals surface area contributed by atoms with Gasteiger partial charge in [0.25, 0.3) is 0 Å². The Kier molecular flexibility index (Phi) is 5.13. The van der Waals surface area contributed by atoms with Crippen molar-refractivity contribution in [3.63, 3.8) is 0 Å². The molecule has 2 N–H and O–H groups in total. The Morgan fingerprint density at radius 1 is 1.33 bits per heavy atom. The van der Waals surface area contributed by atoms with Crippen molar-refractivity contribution < 1.29 is 27.5 Å². The molecule has 0 bridgehead atoms. The number of aromatic amines is 1. The molecule has 0 spiro atoms. The molecule has 8 nitrogen and oxygen atoms in total. The molecule has 0 unspecified atom stereocenters. The highest BCUT2D eigenvalue weighted by atomic mass is 32.2. The van der Waals surface area contributed by atoms with Crippen LogP contribution in [0.1, 0.15) is 31.3 Å². The van der Waals surface area contributed by atoms with Gasteiger partial charge in [-0.15, -0.1) is 0 Å². The van der Waals surface area contributed by atoms with Crippen molar-refractivity contribution in [2.45, 2.75) is 31.3 Å².